The molecule has 0 aliphatic heterocycles. The lowest BCUT2D eigenvalue weighted by molar-refractivity contribution is 0.0743. The summed E-state index contributed by atoms with van der Waals surface area (Å²) in [6, 6.07) is 7.86. The van der Waals surface area contributed by atoms with Gasteiger partial charge < -0.3 is 9.64 Å². The fourth-order valence-corrected chi connectivity index (χ4v) is 3.67. The summed E-state index contributed by atoms with van der Waals surface area (Å²) >= 11 is 0. The molecule has 1 amide bonds. The van der Waals surface area contributed by atoms with Gasteiger partial charge in [-0.25, -0.2) is 8.78 Å². The van der Waals surface area contributed by atoms with E-state index in [1.165, 1.54) is 12.1 Å². The molecule has 8 heteroatoms. The highest BCUT2D eigenvalue weighted by Crippen LogP contribution is 2.33. The number of rotatable bonds is 6. The van der Waals surface area contributed by atoms with Crippen molar-refractivity contribution in [3.05, 3.63) is 77.8 Å². The summed E-state index contributed by atoms with van der Waals surface area (Å²) in [4.78, 5) is 19.1. The van der Waals surface area contributed by atoms with Gasteiger partial charge in [0.1, 0.15) is 17.4 Å². The van der Waals surface area contributed by atoms with E-state index in [0.29, 0.717) is 29.0 Å². The second-order valence-electron chi connectivity index (χ2n) is 7.46. The molecule has 0 bridgehead atoms. The Bertz CT molecular complexity index is 1270. The number of ether oxygens (including phenoxy) is 1. The Balaban J connectivity index is 1.67. The quantitative estimate of drug-likeness (QED) is 0.455. The SMILES string of the molecule is CCOc1cc(C(=O)N(C)[C@@H](C)c2cncc3cn[nH]c23)ccc1-c1cc(F)cc(F)c1. The lowest BCUT2D eigenvalue weighted by atomic mass is 10.0. The van der Waals surface area contributed by atoms with Crippen LogP contribution in [0.4, 0.5) is 8.78 Å². The highest BCUT2D eigenvalue weighted by Gasteiger charge is 2.23. The predicted molar refractivity (Wildman–Crippen MR) is 117 cm³/mol. The van der Waals surface area contributed by atoms with Crippen molar-refractivity contribution in [2.75, 3.05) is 13.7 Å². The van der Waals surface area contributed by atoms with Gasteiger partial charge in [0.05, 0.1) is 24.4 Å². The number of carbonyl (C=O) groups is 1. The first kappa shape index (κ1) is 21.4. The van der Waals surface area contributed by atoms with Crippen LogP contribution in [0.25, 0.3) is 22.0 Å². The molecule has 164 valence electrons. The van der Waals surface area contributed by atoms with Crippen LogP contribution in [0.5, 0.6) is 5.75 Å². The summed E-state index contributed by atoms with van der Waals surface area (Å²) in [5, 5.41) is 7.87. The zero-order valence-electron chi connectivity index (χ0n) is 17.9. The standard InChI is InChI=1S/C24H22F2N4O2/c1-4-32-22-9-15(5-6-20(22)16-7-18(25)10-19(26)8-16)24(31)30(3)14(2)21-13-27-11-17-12-28-29-23(17)21/h5-14H,4H2,1-3H3,(H,28,29)/t14-/m0/s1. The minimum Gasteiger partial charge on any atom is -0.493 e. The number of amides is 1. The van der Waals surface area contributed by atoms with Crippen LogP contribution < -0.4 is 4.74 Å². The summed E-state index contributed by atoms with van der Waals surface area (Å²) in [5.41, 5.74) is 2.90. The fourth-order valence-electron chi connectivity index (χ4n) is 3.67. The summed E-state index contributed by atoms with van der Waals surface area (Å²) in [7, 11) is 1.71. The second kappa shape index (κ2) is 8.74. The van der Waals surface area contributed by atoms with E-state index in [0.717, 1.165) is 22.5 Å². The van der Waals surface area contributed by atoms with E-state index >= 15 is 0 Å². The molecular formula is C24H22F2N4O2. The average Bonchev–Trinajstić information content (AvgIpc) is 3.26. The van der Waals surface area contributed by atoms with Crippen LogP contribution in [-0.2, 0) is 0 Å². The van der Waals surface area contributed by atoms with E-state index in [-0.39, 0.29) is 11.9 Å². The number of nitrogens with zero attached hydrogens (tertiary/aromatic N) is 3. The van der Waals surface area contributed by atoms with Crippen LogP contribution in [0, 0.1) is 11.6 Å². The first-order valence-electron chi connectivity index (χ1n) is 10.2. The third-order valence-corrected chi connectivity index (χ3v) is 5.44. The number of pyridine rings is 1. The normalized spacial score (nSPS) is 12.0. The Morgan fingerprint density at radius 2 is 1.88 bits per heavy atom. The number of hydrogen-bond donors (Lipinski definition) is 1. The molecule has 1 atom stereocenters. The lowest BCUT2D eigenvalue weighted by Crippen LogP contribution is -2.30. The van der Waals surface area contributed by atoms with Crippen molar-refractivity contribution in [1.29, 1.82) is 0 Å². The molecular weight excluding hydrogens is 414 g/mol. The molecule has 32 heavy (non-hydrogen) atoms. The van der Waals surface area contributed by atoms with Gasteiger partial charge in [0.2, 0.25) is 0 Å². The maximum Gasteiger partial charge on any atom is 0.254 e. The van der Waals surface area contributed by atoms with Crippen molar-refractivity contribution >= 4 is 16.8 Å². The molecule has 0 radical (unpaired) electrons. The maximum absolute atomic E-state index is 13.7. The Morgan fingerprint density at radius 1 is 1.12 bits per heavy atom. The molecule has 2 aromatic carbocycles. The molecule has 0 unspecified atom stereocenters. The van der Waals surface area contributed by atoms with Gasteiger partial charge >= 0.3 is 0 Å². The van der Waals surface area contributed by atoms with Crippen molar-refractivity contribution in [2.24, 2.45) is 0 Å². The molecule has 1 N–H and O–H groups in total. The van der Waals surface area contributed by atoms with Crippen molar-refractivity contribution in [2.45, 2.75) is 19.9 Å². The van der Waals surface area contributed by atoms with Gasteiger partial charge in [-0.05, 0) is 49.7 Å². The summed E-state index contributed by atoms with van der Waals surface area (Å²) < 4.78 is 33.2. The van der Waals surface area contributed by atoms with Crippen LogP contribution in [-0.4, -0.2) is 39.6 Å². The Kier molecular flexibility index (Phi) is 5.85. The topological polar surface area (TPSA) is 71.1 Å². The van der Waals surface area contributed by atoms with Crippen LogP contribution in [0.2, 0.25) is 0 Å². The number of hydrogen-bond acceptors (Lipinski definition) is 4. The van der Waals surface area contributed by atoms with E-state index in [2.05, 4.69) is 15.2 Å². The van der Waals surface area contributed by atoms with Crippen LogP contribution >= 0.6 is 0 Å². The molecule has 6 nitrogen and oxygen atoms in total. The molecule has 4 aromatic rings. The largest absolute Gasteiger partial charge is 0.493 e. The summed E-state index contributed by atoms with van der Waals surface area (Å²) in [5.74, 6) is -1.22. The molecule has 2 heterocycles. The zero-order chi connectivity index (χ0) is 22.8. The van der Waals surface area contributed by atoms with Gasteiger partial charge in [0, 0.05) is 47.6 Å². The van der Waals surface area contributed by atoms with Gasteiger partial charge in [-0.3, -0.25) is 14.9 Å². The van der Waals surface area contributed by atoms with Crippen LogP contribution in [0.3, 0.4) is 0 Å². The van der Waals surface area contributed by atoms with Gasteiger partial charge in [-0.15, -0.1) is 0 Å². The molecule has 0 fully saturated rings. The molecule has 0 aliphatic rings. The zero-order valence-corrected chi connectivity index (χ0v) is 17.9. The summed E-state index contributed by atoms with van der Waals surface area (Å²) in [6.07, 6.45) is 5.10. The van der Waals surface area contributed by atoms with Crippen molar-refractivity contribution in [3.63, 3.8) is 0 Å². The average molecular weight is 436 g/mol. The van der Waals surface area contributed by atoms with Crippen LogP contribution in [0.1, 0.15) is 35.8 Å². The van der Waals surface area contributed by atoms with Crippen molar-refractivity contribution in [1.82, 2.24) is 20.1 Å². The third-order valence-electron chi connectivity index (χ3n) is 5.44. The highest BCUT2D eigenvalue weighted by atomic mass is 19.1. The van der Waals surface area contributed by atoms with E-state index < -0.39 is 11.6 Å². The first-order chi connectivity index (χ1) is 15.4. The number of nitrogens with one attached hydrogen (secondary N) is 1. The predicted octanol–water partition coefficient (Wildman–Crippen LogP) is 5.14. The number of carbonyl (C=O) groups excluding carboxylic acids is 1. The van der Waals surface area contributed by atoms with E-state index in [4.69, 9.17) is 4.74 Å². The van der Waals surface area contributed by atoms with Gasteiger partial charge in [-0.1, -0.05) is 0 Å². The number of fused-ring (bicyclic) bond motifs is 1. The minimum absolute atomic E-state index is 0.230. The summed E-state index contributed by atoms with van der Waals surface area (Å²) in [6.45, 7) is 4.04. The number of aromatic nitrogens is 3. The number of benzene rings is 2. The first-order valence-corrected chi connectivity index (χ1v) is 10.2. The number of H-pyrrole nitrogens is 1. The molecule has 2 aromatic heterocycles. The Morgan fingerprint density at radius 3 is 2.59 bits per heavy atom. The fraction of sp³-hybridized carbons (Fsp3) is 0.208. The minimum atomic E-state index is -0.683. The van der Waals surface area contributed by atoms with Crippen molar-refractivity contribution < 1.29 is 18.3 Å². The smallest absolute Gasteiger partial charge is 0.254 e. The van der Waals surface area contributed by atoms with Gasteiger partial charge in [0.25, 0.3) is 5.91 Å². The monoisotopic (exact) mass is 436 g/mol. The van der Waals surface area contributed by atoms with E-state index in [1.54, 1.807) is 55.7 Å². The lowest BCUT2D eigenvalue weighted by Gasteiger charge is -2.26. The molecule has 0 saturated carbocycles. The molecule has 0 aliphatic carbocycles. The second-order valence-corrected chi connectivity index (χ2v) is 7.46. The third kappa shape index (κ3) is 4.03. The van der Waals surface area contributed by atoms with Gasteiger partial charge in [0.15, 0.2) is 0 Å². The Labute approximate surface area is 183 Å². The molecule has 4 rings (SSSR count). The Hall–Kier alpha value is -3.81. The van der Waals surface area contributed by atoms with Crippen LogP contribution in [0.15, 0.2) is 55.0 Å². The highest BCUT2D eigenvalue weighted by molar-refractivity contribution is 5.96. The maximum atomic E-state index is 13.7. The molecule has 0 saturated heterocycles. The van der Waals surface area contributed by atoms with E-state index in [1.807, 2.05) is 6.92 Å². The number of halogens is 2. The van der Waals surface area contributed by atoms with E-state index in [9.17, 15) is 13.6 Å². The van der Waals surface area contributed by atoms with Gasteiger partial charge in [-0.2, -0.15) is 5.10 Å². The number of aromatic amines is 1. The molecule has 0 spiro atoms. The van der Waals surface area contributed by atoms with Crippen molar-refractivity contribution in [3.8, 4) is 16.9 Å².